The first-order valence-corrected chi connectivity index (χ1v) is 11.7. The van der Waals surface area contributed by atoms with E-state index in [-0.39, 0.29) is 18.6 Å². The van der Waals surface area contributed by atoms with E-state index in [4.69, 9.17) is 9.47 Å². The zero-order valence-electron chi connectivity index (χ0n) is 18.9. The SMILES string of the molecule is O=C(Nc1ccccc1)[C@@H]1[C@@H]2C(=O)N(c3ccc4c(c3)OCO4)C(=O)[C@@H]2[C@@H]2c3ccccc3C=NN12. The van der Waals surface area contributed by atoms with Crippen molar-refractivity contribution in [2.24, 2.45) is 16.9 Å². The van der Waals surface area contributed by atoms with Gasteiger partial charge in [-0.05, 0) is 35.4 Å². The number of nitrogens with zero attached hydrogens (tertiary/aromatic N) is 3. The topological polar surface area (TPSA) is 101 Å². The number of nitrogens with one attached hydrogen (secondary N) is 1. The highest BCUT2D eigenvalue weighted by molar-refractivity contribution is 6.24. The van der Waals surface area contributed by atoms with E-state index >= 15 is 0 Å². The number of hydrogen-bond donors (Lipinski definition) is 1. The molecule has 0 radical (unpaired) electrons. The lowest BCUT2D eigenvalue weighted by Gasteiger charge is -2.33. The second kappa shape index (κ2) is 7.67. The molecule has 9 nitrogen and oxygen atoms in total. The highest BCUT2D eigenvalue weighted by Gasteiger charge is 2.65. The van der Waals surface area contributed by atoms with Crippen LogP contribution in [0.15, 0.2) is 77.9 Å². The Labute approximate surface area is 205 Å². The molecule has 2 fully saturated rings. The molecular formula is C27H20N4O5. The summed E-state index contributed by atoms with van der Waals surface area (Å²) >= 11 is 0. The van der Waals surface area contributed by atoms with Crippen LogP contribution in [0.3, 0.4) is 0 Å². The van der Waals surface area contributed by atoms with E-state index in [0.717, 1.165) is 11.1 Å². The van der Waals surface area contributed by atoms with Crippen LogP contribution in [0.2, 0.25) is 0 Å². The number of para-hydroxylation sites is 1. The predicted octanol–water partition coefficient (Wildman–Crippen LogP) is 2.93. The van der Waals surface area contributed by atoms with Gasteiger partial charge in [0.1, 0.15) is 6.04 Å². The van der Waals surface area contributed by atoms with Gasteiger partial charge in [0.25, 0.3) is 0 Å². The third kappa shape index (κ3) is 2.89. The largest absolute Gasteiger partial charge is 0.454 e. The number of carbonyl (C=O) groups is 3. The summed E-state index contributed by atoms with van der Waals surface area (Å²) in [5.41, 5.74) is 2.73. The van der Waals surface area contributed by atoms with Gasteiger partial charge < -0.3 is 14.8 Å². The summed E-state index contributed by atoms with van der Waals surface area (Å²) in [5.74, 6) is -1.82. The second-order valence-corrected chi connectivity index (χ2v) is 9.10. The molecule has 4 aliphatic rings. The molecular weight excluding hydrogens is 460 g/mol. The number of anilines is 2. The Kier molecular flexibility index (Phi) is 4.41. The monoisotopic (exact) mass is 480 g/mol. The fourth-order valence-electron chi connectivity index (χ4n) is 5.68. The van der Waals surface area contributed by atoms with Gasteiger partial charge in [-0.2, -0.15) is 5.10 Å². The second-order valence-electron chi connectivity index (χ2n) is 9.10. The molecule has 0 spiro atoms. The van der Waals surface area contributed by atoms with Crippen LogP contribution in [0.4, 0.5) is 11.4 Å². The molecule has 0 unspecified atom stereocenters. The first-order valence-electron chi connectivity index (χ1n) is 11.7. The average Bonchev–Trinajstić information content (AvgIpc) is 3.57. The van der Waals surface area contributed by atoms with Crippen molar-refractivity contribution in [3.63, 3.8) is 0 Å². The van der Waals surface area contributed by atoms with Crippen LogP contribution < -0.4 is 19.7 Å². The molecule has 0 aliphatic carbocycles. The highest BCUT2D eigenvalue weighted by atomic mass is 16.7. The molecule has 9 heteroatoms. The van der Waals surface area contributed by atoms with Crippen molar-refractivity contribution in [1.82, 2.24) is 5.01 Å². The average molecular weight is 480 g/mol. The number of carbonyl (C=O) groups excluding carboxylic acids is 3. The number of hydrogen-bond acceptors (Lipinski definition) is 7. The first-order chi connectivity index (χ1) is 17.6. The zero-order valence-corrected chi connectivity index (χ0v) is 18.9. The Balaban J connectivity index is 1.32. The Hall–Kier alpha value is -4.66. The zero-order chi connectivity index (χ0) is 24.4. The van der Waals surface area contributed by atoms with E-state index in [1.807, 2.05) is 42.5 Å². The molecule has 4 aliphatic heterocycles. The molecule has 0 bridgehead atoms. The van der Waals surface area contributed by atoms with Crippen LogP contribution in [-0.4, -0.2) is 41.8 Å². The number of imide groups is 1. The van der Waals surface area contributed by atoms with Crippen molar-refractivity contribution in [2.45, 2.75) is 12.1 Å². The van der Waals surface area contributed by atoms with Crippen LogP contribution in [-0.2, 0) is 14.4 Å². The number of rotatable bonds is 3. The maximum Gasteiger partial charge on any atom is 0.249 e. The highest BCUT2D eigenvalue weighted by Crippen LogP contribution is 2.53. The van der Waals surface area contributed by atoms with Gasteiger partial charge in [-0.25, -0.2) is 4.90 Å². The van der Waals surface area contributed by atoms with Crippen LogP contribution in [0.25, 0.3) is 0 Å². The third-order valence-electron chi connectivity index (χ3n) is 7.22. The molecule has 36 heavy (non-hydrogen) atoms. The molecule has 0 aromatic heterocycles. The van der Waals surface area contributed by atoms with Crippen molar-refractivity contribution in [3.05, 3.63) is 83.9 Å². The summed E-state index contributed by atoms with van der Waals surface area (Å²) in [7, 11) is 0. The van der Waals surface area contributed by atoms with E-state index in [9.17, 15) is 14.4 Å². The van der Waals surface area contributed by atoms with Gasteiger partial charge in [0.05, 0.1) is 29.8 Å². The molecule has 3 aromatic carbocycles. The summed E-state index contributed by atoms with van der Waals surface area (Å²) < 4.78 is 10.8. The quantitative estimate of drug-likeness (QED) is 0.579. The van der Waals surface area contributed by atoms with Gasteiger partial charge in [0, 0.05) is 11.8 Å². The molecule has 1 N–H and O–H groups in total. The Morgan fingerprint density at radius 3 is 2.50 bits per heavy atom. The summed E-state index contributed by atoms with van der Waals surface area (Å²) in [5, 5.41) is 9.09. The van der Waals surface area contributed by atoms with Crippen molar-refractivity contribution in [3.8, 4) is 11.5 Å². The van der Waals surface area contributed by atoms with Gasteiger partial charge in [-0.3, -0.25) is 19.4 Å². The van der Waals surface area contributed by atoms with Gasteiger partial charge in [-0.15, -0.1) is 0 Å². The number of ether oxygens (including phenoxy) is 2. The van der Waals surface area contributed by atoms with Crippen molar-refractivity contribution in [2.75, 3.05) is 17.0 Å². The minimum Gasteiger partial charge on any atom is -0.454 e. The van der Waals surface area contributed by atoms with Crippen molar-refractivity contribution >= 4 is 35.3 Å². The molecule has 4 atom stereocenters. The van der Waals surface area contributed by atoms with Gasteiger partial charge in [-0.1, -0.05) is 42.5 Å². The van der Waals surface area contributed by atoms with Crippen LogP contribution in [0.1, 0.15) is 17.2 Å². The van der Waals surface area contributed by atoms with E-state index < -0.39 is 29.8 Å². The lowest BCUT2D eigenvalue weighted by atomic mass is 9.85. The lowest BCUT2D eigenvalue weighted by molar-refractivity contribution is -0.129. The normalized spacial score (nSPS) is 25.0. The molecule has 3 aromatic rings. The molecule has 7 rings (SSSR count). The summed E-state index contributed by atoms with van der Waals surface area (Å²) in [6.07, 6.45) is 1.68. The lowest BCUT2D eigenvalue weighted by Crippen LogP contribution is -2.46. The minimum absolute atomic E-state index is 0.0828. The Bertz CT molecular complexity index is 1460. The Morgan fingerprint density at radius 1 is 0.889 bits per heavy atom. The maximum absolute atomic E-state index is 13.9. The molecule has 3 amide bonds. The van der Waals surface area contributed by atoms with E-state index in [0.29, 0.717) is 22.9 Å². The summed E-state index contributed by atoms with van der Waals surface area (Å²) in [6.45, 7) is 0.0828. The van der Waals surface area contributed by atoms with Crippen LogP contribution in [0, 0.1) is 11.8 Å². The fourth-order valence-corrected chi connectivity index (χ4v) is 5.68. The number of fused-ring (bicyclic) bond motifs is 6. The van der Waals surface area contributed by atoms with Gasteiger partial charge >= 0.3 is 0 Å². The van der Waals surface area contributed by atoms with E-state index in [2.05, 4.69) is 10.4 Å². The number of benzene rings is 3. The van der Waals surface area contributed by atoms with Gasteiger partial charge in [0.2, 0.25) is 24.5 Å². The molecule has 178 valence electrons. The van der Waals surface area contributed by atoms with Crippen LogP contribution in [0.5, 0.6) is 11.5 Å². The van der Waals surface area contributed by atoms with E-state index in [1.54, 1.807) is 41.6 Å². The Morgan fingerprint density at radius 2 is 1.64 bits per heavy atom. The molecule has 4 heterocycles. The third-order valence-corrected chi connectivity index (χ3v) is 7.22. The summed E-state index contributed by atoms with van der Waals surface area (Å²) in [6, 6.07) is 20.1. The van der Waals surface area contributed by atoms with Crippen molar-refractivity contribution in [1.29, 1.82) is 0 Å². The van der Waals surface area contributed by atoms with E-state index in [1.165, 1.54) is 4.90 Å². The number of amides is 3. The first kappa shape index (κ1) is 20.7. The maximum atomic E-state index is 13.9. The van der Waals surface area contributed by atoms with Gasteiger partial charge in [0.15, 0.2) is 11.5 Å². The summed E-state index contributed by atoms with van der Waals surface area (Å²) in [4.78, 5) is 42.6. The number of hydrazone groups is 1. The smallest absolute Gasteiger partial charge is 0.249 e. The molecule has 0 saturated carbocycles. The standard InChI is InChI=1S/C27H20N4O5/c32-25(29-16-7-2-1-3-8-16)24-22-21(23-18-9-5-4-6-15(18)13-28-31(23)24)26(33)30(27(22)34)17-10-11-19-20(12-17)36-14-35-19/h1-13,21-24H,14H2,(H,29,32)/t21-,22+,23-,24-/m0/s1. The predicted molar refractivity (Wildman–Crippen MR) is 130 cm³/mol. The fraction of sp³-hybridized carbons (Fsp3) is 0.185. The molecule has 2 saturated heterocycles. The van der Waals surface area contributed by atoms with Crippen LogP contribution >= 0.6 is 0 Å². The van der Waals surface area contributed by atoms with Crippen molar-refractivity contribution < 1.29 is 23.9 Å². The minimum atomic E-state index is -0.958.